The number of hydrogen-bond donors (Lipinski definition) is 0. The van der Waals surface area contributed by atoms with E-state index in [4.69, 9.17) is 9.47 Å². The third-order valence-corrected chi connectivity index (χ3v) is 23.2. The van der Waals surface area contributed by atoms with Gasteiger partial charge in [-0.1, -0.05) is 235 Å². The van der Waals surface area contributed by atoms with Crippen molar-refractivity contribution in [2.45, 2.75) is 67.6 Å². The molecule has 108 heavy (non-hydrogen) atoms. The summed E-state index contributed by atoms with van der Waals surface area (Å²) in [4.78, 5) is 2.18. The molecule has 3 unspecified atom stereocenters. The quantitative estimate of drug-likeness (QED) is 0.0711. The molecule has 18 rings (SSSR count). The van der Waals surface area contributed by atoms with Crippen LogP contribution in [0, 0.1) is 23.3 Å². The molecule has 0 saturated heterocycles. The highest BCUT2D eigenvalue weighted by atomic mass is 19.1. The Bertz CT molecular complexity index is 5990. The number of anilines is 3. The van der Waals surface area contributed by atoms with Crippen LogP contribution in [-0.2, 0) is 27.1 Å². The lowest BCUT2D eigenvalue weighted by molar-refractivity contribution is 0.349. The molecular weight excluding hydrogens is 1340 g/mol. The van der Waals surface area contributed by atoms with E-state index in [1.807, 2.05) is 103 Å². The van der Waals surface area contributed by atoms with Gasteiger partial charge in [-0.25, -0.2) is 17.6 Å². The standard InChI is InChI=1S/C101H75F4NO2/c1-7-64-29-41-80(42-30-64)107-82-45-35-69(36-46-82)100(71-18-14-21-74(103)57-71)89-27-11-9-25-84(89)86-49-34-68(56-93(86)100)88(67-17-13-20-73(102)55-67)53-66-33-51-91-95(54-66)99(62-97(91,3)4)63-98(5,6)92-52-40-79(61-96(92)99)106(77-24-16-23-76(105)59-77)78-39-50-87-85-26-10-12-28-90(85)101(94(87)60-78,72-19-15-22-75(104)58-72)70-37-47-83(48-38-70)108-81-43-31-65(8-2)32-44-81/h7-61H,1-2,62-63H2,3-6H3/b88-53-. The van der Waals surface area contributed by atoms with Gasteiger partial charge in [-0.3, -0.25) is 0 Å². The lowest BCUT2D eigenvalue weighted by atomic mass is 9.67. The van der Waals surface area contributed by atoms with Gasteiger partial charge in [0.1, 0.15) is 46.3 Å². The predicted octanol–water partition coefficient (Wildman–Crippen LogP) is 26.5. The summed E-state index contributed by atoms with van der Waals surface area (Å²) in [6, 6.07) is 103. The van der Waals surface area contributed by atoms with E-state index in [1.165, 1.54) is 46.5 Å². The van der Waals surface area contributed by atoms with E-state index < -0.39 is 16.2 Å². The summed E-state index contributed by atoms with van der Waals surface area (Å²) in [5, 5.41) is 0. The molecule has 0 amide bonds. The number of ether oxygens (including phenoxy) is 2. The van der Waals surface area contributed by atoms with Gasteiger partial charge in [-0.15, -0.1) is 0 Å². The Kier molecular flexibility index (Phi) is 16.1. The van der Waals surface area contributed by atoms with Gasteiger partial charge in [0.05, 0.1) is 10.8 Å². The third kappa shape index (κ3) is 11.0. The van der Waals surface area contributed by atoms with E-state index in [0.29, 0.717) is 34.2 Å². The molecule has 0 N–H and O–H groups in total. The van der Waals surface area contributed by atoms with Crippen LogP contribution in [-0.4, -0.2) is 0 Å². The van der Waals surface area contributed by atoms with Crippen LogP contribution >= 0.6 is 0 Å². The molecule has 0 saturated carbocycles. The molecule has 4 aliphatic carbocycles. The maximum absolute atomic E-state index is 16.2. The van der Waals surface area contributed by atoms with Crippen molar-refractivity contribution in [1.29, 1.82) is 0 Å². The number of fused-ring (bicyclic) bond motifs is 10. The van der Waals surface area contributed by atoms with Gasteiger partial charge in [0.2, 0.25) is 0 Å². The molecule has 14 aromatic carbocycles. The van der Waals surface area contributed by atoms with E-state index >= 15 is 17.6 Å². The minimum atomic E-state index is -1.02. The molecular formula is C101H75F4NO2. The van der Waals surface area contributed by atoms with Crippen molar-refractivity contribution in [2.24, 2.45) is 0 Å². The SMILES string of the molecule is C=Cc1ccc(Oc2ccc(C3(c4cccc(F)c4)c4ccccc4-c4ccc(/C(=C\c5ccc6c(c5)C5(CC6(C)C)CC(C)(C)c6ccc(N(c7cccc(F)c7)c7ccc8c(c7)C(c7ccc(Oc9ccc(C=C)cc9)cc7)(c7cccc(F)c7)c7ccccc7-8)cc65)c5cccc(F)c5)cc43)cc2)cc1. The van der Waals surface area contributed by atoms with E-state index in [1.54, 1.807) is 60.7 Å². The Morgan fingerprint density at radius 3 is 1.22 bits per heavy atom. The number of benzene rings is 14. The number of halogens is 4. The van der Waals surface area contributed by atoms with Crippen LogP contribution in [0.3, 0.4) is 0 Å². The zero-order valence-electron chi connectivity index (χ0n) is 60.4. The predicted molar refractivity (Wildman–Crippen MR) is 431 cm³/mol. The number of hydrogen-bond acceptors (Lipinski definition) is 3. The highest BCUT2D eigenvalue weighted by Gasteiger charge is 2.57. The van der Waals surface area contributed by atoms with Gasteiger partial charge in [-0.05, 0) is 286 Å². The summed E-state index contributed by atoms with van der Waals surface area (Å²) >= 11 is 0. The van der Waals surface area contributed by atoms with Crippen molar-refractivity contribution < 1.29 is 27.0 Å². The lowest BCUT2D eigenvalue weighted by Crippen LogP contribution is -2.29. The molecule has 0 aromatic heterocycles. The molecule has 0 bridgehead atoms. The van der Waals surface area contributed by atoms with Crippen molar-refractivity contribution in [3.05, 3.63) is 446 Å². The first-order chi connectivity index (χ1) is 52.4. The summed E-state index contributed by atoms with van der Waals surface area (Å²) in [7, 11) is 0. The number of rotatable bonds is 16. The molecule has 3 atom stereocenters. The minimum absolute atomic E-state index is 0.272. The van der Waals surface area contributed by atoms with Gasteiger partial charge < -0.3 is 14.4 Å². The van der Waals surface area contributed by atoms with Crippen LogP contribution in [0.5, 0.6) is 23.0 Å². The summed E-state index contributed by atoms with van der Waals surface area (Å²) in [6.45, 7) is 17.2. The number of nitrogens with zero attached hydrogens (tertiary/aromatic N) is 1. The van der Waals surface area contributed by atoms with Crippen LogP contribution in [0.2, 0.25) is 0 Å². The average molecular weight is 1410 g/mol. The van der Waals surface area contributed by atoms with Gasteiger partial charge in [0, 0.05) is 22.5 Å². The summed E-state index contributed by atoms with van der Waals surface area (Å²) in [5.74, 6) is 1.24. The third-order valence-electron chi connectivity index (χ3n) is 23.2. The first-order valence-corrected chi connectivity index (χ1v) is 36.8. The maximum atomic E-state index is 16.2. The fourth-order valence-corrected chi connectivity index (χ4v) is 18.8. The van der Waals surface area contributed by atoms with E-state index in [9.17, 15) is 0 Å². The fourth-order valence-electron chi connectivity index (χ4n) is 18.8. The highest BCUT2D eigenvalue weighted by molar-refractivity contribution is 5.96. The fraction of sp³-hybridized carbons (Fsp3) is 0.109. The smallest absolute Gasteiger partial charge is 0.127 e. The van der Waals surface area contributed by atoms with Crippen molar-refractivity contribution >= 4 is 40.9 Å². The van der Waals surface area contributed by atoms with Crippen LogP contribution in [0.25, 0.3) is 46.1 Å². The summed E-state index contributed by atoms with van der Waals surface area (Å²) in [5.41, 5.74) is 20.8. The Morgan fingerprint density at radius 1 is 0.315 bits per heavy atom. The van der Waals surface area contributed by atoms with Crippen LogP contribution in [0.4, 0.5) is 34.6 Å². The molecule has 0 aliphatic heterocycles. The van der Waals surface area contributed by atoms with E-state index in [0.717, 1.165) is 119 Å². The largest absolute Gasteiger partial charge is 0.457 e. The molecule has 3 nitrogen and oxygen atoms in total. The summed E-state index contributed by atoms with van der Waals surface area (Å²) < 4.78 is 77.4. The first-order valence-electron chi connectivity index (χ1n) is 36.8. The molecule has 0 heterocycles. The Hall–Kier alpha value is -12.6. The molecule has 524 valence electrons. The molecule has 14 aromatic rings. The second-order valence-corrected chi connectivity index (χ2v) is 30.5. The summed E-state index contributed by atoms with van der Waals surface area (Å²) in [6.07, 6.45) is 7.45. The first kappa shape index (κ1) is 67.3. The van der Waals surface area contributed by atoms with Crippen molar-refractivity contribution in [3.8, 4) is 45.3 Å². The van der Waals surface area contributed by atoms with Gasteiger partial charge in [0.25, 0.3) is 0 Å². The van der Waals surface area contributed by atoms with Gasteiger partial charge >= 0.3 is 0 Å². The van der Waals surface area contributed by atoms with E-state index in [-0.39, 0.29) is 34.1 Å². The second kappa shape index (κ2) is 25.9. The van der Waals surface area contributed by atoms with Crippen molar-refractivity contribution in [3.63, 3.8) is 0 Å². The minimum Gasteiger partial charge on any atom is -0.457 e. The Balaban J connectivity index is 0.778. The van der Waals surface area contributed by atoms with Crippen LogP contribution < -0.4 is 14.4 Å². The Morgan fingerprint density at radius 2 is 0.713 bits per heavy atom. The normalized spacial score (nSPS) is 17.9. The second-order valence-electron chi connectivity index (χ2n) is 30.5. The average Bonchev–Trinajstić information content (AvgIpc) is 1.54. The topological polar surface area (TPSA) is 21.7 Å². The maximum Gasteiger partial charge on any atom is 0.127 e. The molecule has 0 fully saturated rings. The molecule has 0 radical (unpaired) electrons. The molecule has 4 aliphatic rings. The molecule has 7 heteroatoms. The van der Waals surface area contributed by atoms with Crippen LogP contribution in [0.1, 0.15) is 135 Å². The monoisotopic (exact) mass is 1410 g/mol. The van der Waals surface area contributed by atoms with Crippen molar-refractivity contribution in [1.82, 2.24) is 0 Å². The lowest BCUT2D eigenvalue weighted by Gasteiger charge is -2.35. The van der Waals surface area contributed by atoms with Crippen LogP contribution in [0.15, 0.2) is 329 Å². The zero-order chi connectivity index (χ0) is 73.8. The molecule has 1 spiro atoms. The Labute approximate surface area is 628 Å². The zero-order valence-corrected chi connectivity index (χ0v) is 60.4. The van der Waals surface area contributed by atoms with Crippen molar-refractivity contribution in [2.75, 3.05) is 4.90 Å². The van der Waals surface area contributed by atoms with E-state index in [2.05, 4.69) is 191 Å². The highest BCUT2D eigenvalue weighted by Crippen LogP contribution is 2.65. The van der Waals surface area contributed by atoms with Gasteiger partial charge in [-0.2, -0.15) is 0 Å². The van der Waals surface area contributed by atoms with Gasteiger partial charge in [0.15, 0.2) is 0 Å².